The van der Waals surface area contributed by atoms with Crippen LogP contribution in [-0.4, -0.2) is 67.3 Å². The van der Waals surface area contributed by atoms with Gasteiger partial charge in [0, 0.05) is 19.1 Å². The number of nitrogens with one attached hydrogen (secondary N) is 1. The molecule has 24 heavy (non-hydrogen) atoms. The van der Waals surface area contributed by atoms with E-state index in [4.69, 9.17) is 4.74 Å². The van der Waals surface area contributed by atoms with Gasteiger partial charge >= 0.3 is 6.09 Å². The molecule has 0 aromatic carbocycles. The average molecular weight is 340 g/mol. The van der Waals surface area contributed by atoms with Gasteiger partial charge in [-0.2, -0.15) is 0 Å². The molecule has 0 saturated carbocycles. The minimum absolute atomic E-state index is 0.0701. The molecule has 2 aliphatic heterocycles. The molecule has 1 atom stereocenters. The van der Waals surface area contributed by atoms with Crippen molar-refractivity contribution in [2.24, 2.45) is 11.3 Å². The zero-order valence-corrected chi connectivity index (χ0v) is 16.5. The Morgan fingerprint density at radius 2 is 1.79 bits per heavy atom. The van der Waals surface area contributed by atoms with Gasteiger partial charge in [-0.05, 0) is 78.0 Å². The number of rotatable bonds is 3. The molecule has 5 nitrogen and oxygen atoms in total. The van der Waals surface area contributed by atoms with Crippen molar-refractivity contribution in [3.05, 3.63) is 0 Å². The summed E-state index contributed by atoms with van der Waals surface area (Å²) in [5, 5.41) is 3.81. The minimum atomic E-state index is -0.426. The third-order valence-electron chi connectivity index (χ3n) is 5.37. The summed E-state index contributed by atoms with van der Waals surface area (Å²) in [5.41, 5.74) is -0.356. The van der Waals surface area contributed by atoms with Crippen LogP contribution in [0.4, 0.5) is 4.79 Å². The third kappa shape index (κ3) is 5.62. The SMILES string of the molecule is CN1CCC(CNC2CCN(C(=O)OC(C)(C)C)CC2(C)C)CC1. The Morgan fingerprint density at radius 1 is 1.17 bits per heavy atom. The molecule has 0 spiro atoms. The number of nitrogens with zero attached hydrogens (tertiary/aromatic N) is 2. The van der Waals surface area contributed by atoms with Gasteiger partial charge in [0.15, 0.2) is 0 Å². The molecule has 140 valence electrons. The molecular formula is C19H37N3O2. The first-order valence-corrected chi connectivity index (χ1v) is 9.47. The van der Waals surface area contributed by atoms with E-state index in [2.05, 4.69) is 31.1 Å². The Kier molecular flexibility index (Phi) is 6.19. The van der Waals surface area contributed by atoms with Crippen LogP contribution in [0.2, 0.25) is 0 Å². The third-order valence-corrected chi connectivity index (χ3v) is 5.37. The summed E-state index contributed by atoms with van der Waals surface area (Å²) in [6.45, 7) is 15.4. The minimum Gasteiger partial charge on any atom is -0.444 e. The molecule has 0 bridgehead atoms. The topological polar surface area (TPSA) is 44.8 Å². The first-order valence-electron chi connectivity index (χ1n) is 9.47. The van der Waals surface area contributed by atoms with Crippen LogP contribution in [0, 0.1) is 11.3 Å². The molecule has 5 heteroatoms. The van der Waals surface area contributed by atoms with Gasteiger partial charge in [0.05, 0.1) is 0 Å². The monoisotopic (exact) mass is 339 g/mol. The highest BCUT2D eigenvalue weighted by Crippen LogP contribution is 2.30. The number of carbonyl (C=O) groups is 1. The number of hydrogen-bond donors (Lipinski definition) is 1. The fraction of sp³-hybridized carbons (Fsp3) is 0.947. The fourth-order valence-corrected chi connectivity index (χ4v) is 3.79. The van der Waals surface area contributed by atoms with Gasteiger partial charge in [-0.3, -0.25) is 0 Å². The predicted molar refractivity (Wildman–Crippen MR) is 98.2 cm³/mol. The van der Waals surface area contributed by atoms with Crippen LogP contribution >= 0.6 is 0 Å². The number of carbonyl (C=O) groups excluding carboxylic acids is 1. The van der Waals surface area contributed by atoms with E-state index < -0.39 is 5.60 Å². The summed E-state index contributed by atoms with van der Waals surface area (Å²) >= 11 is 0. The second kappa shape index (κ2) is 7.61. The van der Waals surface area contributed by atoms with Crippen LogP contribution in [0.15, 0.2) is 0 Å². The highest BCUT2D eigenvalue weighted by molar-refractivity contribution is 5.68. The summed E-state index contributed by atoms with van der Waals surface area (Å²) in [5.74, 6) is 0.792. The molecule has 0 aliphatic carbocycles. The van der Waals surface area contributed by atoms with Crippen LogP contribution in [-0.2, 0) is 4.74 Å². The van der Waals surface area contributed by atoms with Gasteiger partial charge in [-0.25, -0.2) is 4.79 Å². The number of likely N-dealkylation sites (tertiary alicyclic amines) is 2. The van der Waals surface area contributed by atoms with Gasteiger partial charge < -0.3 is 19.9 Å². The van der Waals surface area contributed by atoms with E-state index in [1.807, 2.05) is 25.7 Å². The molecule has 0 radical (unpaired) electrons. The van der Waals surface area contributed by atoms with Crippen LogP contribution in [0.5, 0.6) is 0 Å². The highest BCUT2D eigenvalue weighted by Gasteiger charge is 2.38. The lowest BCUT2D eigenvalue weighted by Crippen LogP contribution is -2.57. The second-order valence-corrected chi connectivity index (χ2v) is 9.39. The second-order valence-electron chi connectivity index (χ2n) is 9.39. The highest BCUT2D eigenvalue weighted by atomic mass is 16.6. The Hall–Kier alpha value is -0.810. The van der Waals surface area contributed by atoms with E-state index in [1.54, 1.807) is 0 Å². The molecule has 0 aromatic rings. The van der Waals surface area contributed by atoms with E-state index in [-0.39, 0.29) is 11.5 Å². The van der Waals surface area contributed by atoms with Crippen molar-refractivity contribution in [1.82, 2.24) is 15.1 Å². The van der Waals surface area contributed by atoms with Crippen LogP contribution < -0.4 is 5.32 Å². The standard InChI is InChI=1S/C19H37N3O2/c1-18(2,3)24-17(23)22-12-9-16(19(4,5)14-22)20-13-15-7-10-21(6)11-8-15/h15-16,20H,7-14H2,1-6H3. The van der Waals surface area contributed by atoms with Gasteiger partial charge in [0.2, 0.25) is 0 Å². The molecule has 1 amide bonds. The summed E-state index contributed by atoms with van der Waals surface area (Å²) < 4.78 is 5.53. The summed E-state index contributed by atoms with van der Waals surface area (Å²) in [6.07, 6.45) is 3.41. The zero-order valence-electron chi connectivity index (χ0n) is 16.5. The molecule has 2 fully saturated rings. The quantitative estimate of drug-likeness (QED) is 0.859. The summed E-state index contributed by atoms with van der Waals surface area (Å²) in [6, 6.07) is 0.468. The lowest BCUT2D eigenvalue weighted by Gasteiger charge is -2.45. The normalized spacial score (nSPS) is 26.4. The molecular weight excluding hydrogens is 302 g/mol. The Balaban J connectivity index is 1.81. The first-order chi connectivity index (χ1) is 11.1. The molecule has 0 aromatic heterocycles. The van der Waals surface area contributed by atoms with Crippen molar-refractivity contribution >= 4 is 6.09 Å². The maximum absolute atomic E-state index is 12.3. The van der Waals surface area contributed by atoms with Crippen molar-refractivity contribution in [3.63, 3.8) is 0 Å². The smallest absolute Gasteiger partial charge is 0.410 e. The number of piperidine rings is 2. The van der Waals surface area contributed by atoms with E-state index in [1.165, 1.54) is 25.9 Å². The van der Waals surface area contributed by atoms with Crippen LogP contribution in [0.1, 0.15) is 53.9 Å². The predicted octanol–water partition coefficient (Wildman–Crippen LogP) is 2.95. The van der Waals surface area contributed by atoms with Crippen LogP contribution in [0.25, 0.3) is 0 Å². The zero-order chi connectivity index (χ0) is 18.0. The van der Waals surface area contributed by atoms with Crippen molar-refractivity contribution in [2.45, 2.75) is 65.5 Å². The van der Waals surface area contributed by atoms with Gasteiger partial charge in [-0.15, -0.1) is 0 Å². The molecule has 1 unspecified atom stereocenters. The first kappa shape index (κ1) is 19.5. The van der Waals surface area contributed by atoms with E-state index in [0.29, 0.717) is 6.04 Å². The number of hydrogen-bond acceptors (Lipinski definition) is 4. The van der Waals surface area contributed by atoms with E-state index in [0.717, 1.165) is 32.0 Å². The molecule has 2 saturated heterocycles. The van der Waals surface area contributed by atoms with Gasteiger partial charge in [0.1, 0.15) is 5.60 Å². The Morgan fingerprint density at radius 3 is 2.33 bits per heavy atom. The largest absolute Gasteiger partial charge is 0.444 e. The molecule has 2 heterocycles. The summed E-state index contributed by atoms with van der Waals surface area (Å²) in [4.78, 5) is 16.6. The van der Waals surface area contributed by atoms with Crippen molar-refractivity contribution in [1.29, 1.82) is 0 Å². The summed E-state index contributed by atoms with van der Waals surface area (Å²) in [7, 11) is 2.21. The van der Waals surface area contributed by atoms with Crippen molar-refractivity contribution in [2.75, 3.05) is 39.8 Å². The Bertz CT molecular complexity index is 423. The average Bonchev–Trinajstić information content (AvgIpc) is 2.45. The molecule has 2 aliphatic rings. The molecule has 2 rings (SSSR count). The maximum Gasteiger partial charge on any atom is 0.410 e. The number of amides is 1. The van der Waals surface area contributed by atoms with Crippen molar-refractivity contribution in [3.8, 4) is 0 Å². The van der Waals surface area contributed by atoms with Gasteiger partial charge in [-0.1, -0.05) is 13.8 Å². The van der Waals surface area contributed by atoms with Crippen LogP contribution in [0.3, 0.4) is 0 Å². The number of ether oxygens (including phenoxy) is 1. The lowest BCUT2D eigenvalue weighted by atomic mass is 9.79. The molecule has 1 N–H and O–H groups in total. The van der Waals surface area contributed by atoms with E-state index in [9.17, 15) is 4.79 Å². The maximum atomic E-state index is 12.3. The Labute approximate surface area is 148 Å². The lowest BCUT2D eigenvalue weighted by molar-refractivity contribution is 0.00168. The van der Waals surface area contributed by atoms with Gasteiger partial charge in [0.25, 0.3) is 0 Å². The van der Waals surface area contributed by atoms with E-state index >= 15 is 0 Å². The van der Waals surface area contributed by atoms with Crippen molar-refractivity contribution < 1.29 is 9.53 Å². The fourth-order valence-electron chi connectivity index (χ4n) is 3.79.